The van der Waals surface area contributed by atoms with Crippen LogP contribution < -0.4 is 15.5 Å². The lowest BCUT2D eigenvalue weighted by molar-refractivity contribution is 0.206. The Labute approximate surface area is 124 Å². The molecule has 0 aliphatic rings. The van der Waals surface area contributed by atoms with E-state index in [9.17, 15) is 9.90 Å². The van der Waals surface area contributed by atoms with E-state index >= 15 is 0 Å². The normalized spacial score (nSPS) is 12.3. The Morgan fingerprint density at radius 1 is 1.50 bits per heavy atom. The van der Waals surface area contributed by atoms with Crippen molar-refractivity contribution >= 4 is 22.5 Å². The zero-order chi connectivity index (χ0) is 15.1. The van der Waals surface area contributed by atoms with Crippen molar-refractivity contribution < 1.29 is 9.90 Å². The van der Waals surface area contributed by atoms with Crippen LogP contribution in [0, 0.1) is 5.92 Å². The molecule has 0 saturated heterocycles. The number of nitrogens with one attached hydrogen (secondary N) is 2. The van der Waals surface area contributed by atoms with Gasteiger partial charge < -0.3 is 20.6 Å². The van der Waals surface area contributed by atoms with Crippen LogP contribution in [0.15, 0.2) is 5.38 Å². The Morgan fingerprint density at radius 2 is 2.20 bits per heavy atom. The molecule has 20 heavy (non-hydrogen) atoms. The fraction of sp³-hybridized carbons (Fsp3) is 0.692. The van der Waals surface area contributed by atoms with Gasteiger partial charge in [-0.2, -0.15) is 0 Å². The van der Waals surface area contributed by atoms with Crippen LogP contribution in [-0.2, 0) is 6.54 Å². The number of aliphatic hydroxyl groups is 1. The first-order valence-corrected chi connectivity index (χ1v) is 7.57. The summed E-state index contributed by atoms with van der Waals surface area (Å²) in [6, 6.07) is -0.480. The largest absolute Gasteiger partial charge is 0.394 e. The number of nitrogens with zero attached hydrogens (tertiary/aromatic N) is 2. The van der Waals surface area contributed by atoms with Crippen molar-refractivity contribution in [3.8, 4) is 0 Å². The second-order valence-corrected chi connectivity index (χ2v) is 6.19. The standard InChI is InChI=1S/C13H24N4O2S/c1-9(2)5-10(7-18)15-12(19)14-6-11-8-20-13(16-11)17(3)4/h8-10,18H,5-7H2,1-4H3,(H2,14,15,19)/t10-/m0/s1. The highest BCUT2D eigenvalue weighted by Crippen LogP contribution is 2.17. The zero-order valence-electron chi connectivity index (χ0n) is 12.5. The number of hydrogen-bond acceptors (Lipinski definition) is 5. The Morgan fingerprint density at radius 3 is 2.70 bits per heavy atom. The van der Waals surface area contributed by atoms with E-state index in [1.165, 1.54) is 11.3 Å². The topological polar surface area (TPSA) is 77.5 Å². The summed E-state index contributed by atoms with van der Waals surface area (Å²) in [4.78, 5) is 18.1. The number of anilines is 1. The van der Waals surface area contributed by atoms with E-state index in [0.717, 1.165) is 17.2 Å². The minimum Gasteiger partial charge on any atom is -0.394 e. The lowest BCUT2D eigenvalue weighted by atomic mass is 10.0. The fourth-order valence-corrected chi connectivity index (χ4v) is 2.50. The van der Waals surface area contributed by atoms with E-state index < -0.39 is 0 Å². The molecule has 3 N–H and O–H groups in total. The minimum absolute atomic E-state index is 0.0485. The summed E-state index contributed by atoms with van der Waals surface area (Å²) in [7, 11) is 3.86. The van der Waals surface area contributed by atoms with E-state index in [4.69, 9.17) is 0 Å². The molecule has 1 aromatic rings. The molecule has 0 radical (unpaired) electrons. The van der Waals surface area contributed by atoms with Gasteiger partial charge in [0, 0.05) is 19.5 Å². The molecule has 2 amide bonds. The van der Waals surface area contributed by atoms with Crippen molar-refractivity contribution in [2.45, 2.75) is 32.9 Å². The predicted octanol–water partition coefficient (Wildman–Crippen LogP) is 1.42. The van der Waals surface area contributed by atoms with Crippen molar-refractivity contribution in [1.82, 2.24) is 15.6 Å². The molecule has 0 aromatic carbocycles. The average molecular weight is 300 g/mol. The first kappa shape index (κ1) is 16.7. The average Bonchev–Trinajstić information content (AvgIpc) is 2.84. The molecule has 0 fully saturated rings. The van der Waals surface area contributed by atoms with Gasteiger partial charge in [0.15, 0.2) is 5.13 Å². The van der Waals surface area contributed by atoms with Gasteiger partial charge in [0.25, 0.3) is 0 Å². The third-order valence-corrected chi connectivity index (χ3v) is 3.72. The molecule has 0 aliphatic heterocycles. The van der Waals surface area contributed by atoms with Gasteiger partial charge in [-0.05, 0) is 12.3 Å². The van der Waals surface area contributed by atoms with Crippen LogP contribution in [0.3, 0.4) is 0 Å². The highest BCUT2D eigenvalue weighted by atomic mass is 32.1. The number of aliphatic hydroxyl groups excluding tert-OH is 1. The minimum atomic E-state index is -0.274. The van der Waals surface area contributed by atoms with Gasteiger partial charge in [-0.15, -0.1) is 11.3 Å². The Hall–Kier alpha value is -1.34. The van der Waals surface area contributed by atoms with Crippen LogP contribution in [0.1, 0.15) is 26.0 Å². The third kappa shape index (κ3) is 5.75. The first-order chi connectivity index (χ1) is 9.42. The van der Waals surface area contributed by atoms with E-state index in [1.807, 2.05) is 24.4 Å². The molecule has 1 rings (SSSR count). The smallest absolute Gasteiger partial charge is 0.315 e. The van der Waals surface area contributed by atoms with Crippen LogP contribution in [0.4, 0.5) is 9.93 Å². The number of carbonyl (C=O) groups is 1. The summed E-state index contributed by atoms with van der Waals surface area (Å²) in [6.07, 6.45) is 0.755. The van der Waals surface area contributed by atoms with E-state index in [0.29, 0.717) is 12.5 Å². The maximum absolute atomic E-state index is 11.7. The number of thiazole rings is 1. The van der Waals surface area contributed by atoms with Crippen LogP contribution in [0.25, 0.3) is 0 Å². The molecule has 6 nitrogen and oxygen atoms in total. The quantitative estimate of drug-likeness (QED) is 0.711. The highest BCUT2D eigenvalue weighted by molar-refractivity contribution is 7.13. The zero-order valence-corrected chi connectivity index (χ0v) is 13.3. The van der Waals surface area contributed by atoms with Crippen LogP contribution in [0.5, 0.6) is 0 Å². The molecule has 0 aliphatic carbocycles. The molecule has 0 spiro atoms. The summed E-state index contributed by atoms with van der Waals surface area (Å²) in [5.74, 6) is 0.425. The van der Waals surface area contributed by atoms with Gasteiger partial charge in [-0.3, -0.25) is 0 Å². The molecular weight excluding hydrogens is 276 g/mol. The van der Waals surface area contributed by atoms with Gasteiger partial charge in [-0.25, -0.2) is 9.78 Å². The molecule has 1 aromatic heterocycles. The second-order valence-electron chi connectivity index (χ2n) is 5.35. The number of rotatable bonds is 7. The number of amides is 2. The Balaban J connectivity index is 2.38. The van der Waals surface area contributed by atoms with Gasteiger partial charge >= 0.3 is 6.03 Å². The summed E-state index contributed by atoms with van der Waals surface area (Å²) < 4.78 is 0. The van der Waals surface area contributed by atoms with E-state index in [-0.39, 0.29) is 18.7 Å². The molecule has 114 valence electrons. The molecule has 1 heterocycles. The van der Waals surface area contributed by atoms with Crippen molar-refractivity contribution in [3.63, 3.8) is 0 Å². The van der Waals surface area contributed by atoms with Gasteiger partial charge in [-0.1, -0.05) is 13.8 Å². The predicted molar refractivity (Wildman–Crippen MR) is 82.1 cm³/mol. The van der Waals surface area contributed by atoms with Gasteiger partial charge in [0.05, 0.1) is 24.9 Å². The van der Waals surface area contributed by atoms with Crippen LogP contribution in [0.2, 0.25) is 0 Å². The number of carbonyl (C=O) groups excluding carboxylic acids is 1. The molecule has 0 unspecified atom stereocenters. The fourth-order valence-electron chi connectivity index (χ4n) is 1.74. The maximum atomic E-state index is 11.7. The number of aromatic nitrogens is 1. The number of hydrogen-bond donors (Lipinski definition) is 3. The monoisotopic (exact) mass is 300 g/mol. The third-order valence-electron chi connectivity index (χ3n) is 2.66. The maximum Gasteiger partial charge on any atom is 0.315 e. The molecule has 7 heteroatoms. The van der Waals surface area contributed by atoms with Crippen LogP contribution >= 0.6 is 11.3 Å². The summed E-state index contributed by atoms with van der Waals surface area (Å²) in [5, 5.41) is 17.6. The van der Waals surface area contributed by atoms with Crippen molar-refractivity contribution in [2.75, 3.05) is 25.6 Å². The summed E-state index contributed by atoms with van der Waals surface area (Å²) >= 11 is 1.54. The molecular formula is C13H24N4O2S. The van der Waals surface area contributed by atoms with E-state index in [1.54, 1.807) is 0 Å². The summed E-state index contributed by atoms with van der Waals surface area (Å²) in [5.41, 5.74) is 0.832. The SMILES string of the molecule is CC(C)C[C@@H](CO)NC(=O)NCc1csc(N(C)C)n1. The second kappa shape index (κ2) is 8.06. The van der Waals surface area contributed by atoms with Crippen molar-refractivity contribution in [1.29, 1.82) is 0 Å². The Bertz CT molecular complexity index is 420. The lowest BCUT2D eigenvalue weighted by Crippen LogP contribution is -2.44. The number of urea groups is 1. The Kier molecular flexibility index (Phi) is 6.74. The lowest BCUT2D eigenvalue weighted by Gasteiger charge is -2.18. The van der Waals surface area contributed by atoms with Crippen molar-refractivity contribution in [3.05, 3.63) is 11.1 Å². The van der Waals surface area contributed by atoms with Gasteiger partial charge in [0.1, 0.15) is 0 Å². The molecule has 0 bridgehead atoms. The van der Waals surface area contributed by atoms with Crippen LogP contribution in [-0.4, -0.2) is 42.9 Å². The summed E-state index contributed by atoms with van der Waals surface area (Å²) in [6.45, 7) is 4.45. The van der Waals surface area contributed by atoms with E-state index in [2.05, 4.69) is 29.5 Å². The first-order valence-electron chi connectivity index (χ1n) is 6.69. The van der Waals surface area contributed by atoms with Crippen molar-refractivity contribution in [2.24, 2.45) is 5.92 Å². The molecule has 0 saturated carbocycles. The molecule has 1 atom stereocenters. The highest BCUT2D eigenvalue weighted by Gasteiger charge is 2.13. The van der Waals surface area contributed by atoms with Gasteiger partial charge in [0.2, 0.25) is 0 Å².